The van der Waals surface area contributed by atoms with Crippen molar-refractivity contribution in [1.82, 2.24) is 15.1 Å². The predicted molar refractivity (Wildman–Crippen MR) is 105 cm³/mol. The third-order valence-corrected chi connectivity index (χ3v) is 4.71. The standard InChI is InChI=1S/C18H26FN3O2.2ClH/c19-17-5-2-1-4-15(17)13-21-7-3-8-22(10-9-21)18(23)12-16-14-24-11-6-20-16;;/h1-2,4-5,16,20H,3,6-14H2;2*1H. The van der Waals surface area contributed by atoms with Crippen molar-refractivity contribution >= 4 is 30.7 Å². The van der Waals surface area contributed by atoms with E-state index in [1.807, 2.05) is 17.0 Å². The van der Waals surface area contributed by atoms with Crippen LogP contribution < -0.4 is 5.32 Å². The van der Waals surface area contributed by atoms with Gasteiger partial charge >= 0.3 is 0 Å². The van der Waals surface area contributed by atoms with E-state index in [0.717, 1.165) is 44.8 Å². The molecule has 148 valence electrons. The molecule has 0 saturated carbocycles. The van der Waals surface area contributed by atoms with Crippen LogP contribution in [-0.2, 0) is 16.1 Å². The largest absolute Gasteiger partial charge is 0.378 e. The molecule has 2 aliphatic rings. The fourth-order valence-corrected chi connectivity index (χ4v) is 3.34. The first-order valence-electron chi connectivity index (χ1n) is 8.77. The minimum Gasteiger partial charge on any atom is -0.378 e. The SMILES string of the molecule is Cl.Cl.O=C(CC1COCCN1)N1CCCN(Cc2ccccc2F)CC1. The average Bonchev–Trinajstić information content (AvgIpc) is 2.84. The van der Waals surface area contributed by atoms with Gasteiger partial charge in [-0.05, 0) is 12.5 Å². The van der Waals surface area contributed by atoms with Gasteiger partial charge in [0.2, 0.25) is 5.91 Å². The maximum absolute atomic E-state index is 13.8. The van der Waals surface area contributed by atoms with Gasteiger partial charge in [0.1, 0.15) is 5.82 Å². The summed E-state index contributed by atoms with van der Waals surface area (Å²) in [5, 5.41) is 3.33. The number of nitrogens with zero attached hydrogens (tertiary/aromatic N) is 2. The molecule has 0 aliphatic carbocycles. The Balaban J connectivity index is 0.00000169. The molecular formula is C18H28Cl2FN3O2. The van der Waals surface area contributed by atoms with E-state index < -0.39 is 0 Å². The van der Waals surface area contributed by atoms with Crippen LogP contribution >= 0.6 is 24.8 Å². The van der Waals surface area contributed by atoms with Gasteiger partial charge in [0.15, 0.2) is 0 Å². The number of hydrogen-bond donors (Lipinski definition) is 1. The molecule has 2 fully saturated rings. The highest BCUT2D eigenvalue weighted by molar-refractivity contribution is 5.85. The minimum atomic E-state index is -0.155. The van der Waals surface area contributed by atoms with Gasteiger partial charge in [0.05, 0.1) is 13.2 Å². The number of morpholine rings is 1. The summed E-state index contributed by atoms with van der Waals surface area (Å²) >= 11 is 0. The first-order chi connectivity index (χ1) is 11.7. The number of rotatable bonds is 4. The molecule has 1 aromatic rings. The first-order valence-corrected chi connectivity index (χ1v) is 8.77. The van der Waals surface area contributed by atoms with Crippen molar-refractivity contribution < 1.29 is 13.9 Å². The van der Waals surface area contributed by atoms with Crippen molar-refractivity contribution in [1.29, 1.82) is 0 Å². The van der Waals surface area contributed by atoms with Crippen LogP contribution in [0.3, 0.4) is 0 Å². The molecule has 8 heteroatoms. The van der Waals surface area contributed by atoms with E-state index in [2.05, 4.69) is 10.2 Å². The number of carbonyl (C=O) groups excluding carboxylic acids is 1. The minimum absolute atomic E-state index is 0. The summed E-state index contributed by atoms with van der Waals surface area (Å²) in [6.45, 7) is 5.91. The van der Waals surface area contributed by atoms with Crippen LogP contribution in [-0.4, -0.2) is 67.7 Å². The van der Waals surface area contributed by atoms with Crippen molar-refractivity contribution in [2.75, 3.05) is 45.9 Å². The molecule has 2 heterocycles. The second kappa shape index (κ2) is 11.7. The van der Waals surface area contributed by atoms with E-state index in [1.54, 1.807) is 6.07 Å². The van der Waals surface area contributed by atoms with Crippen molar-refractivity contribution in [3.63, 3.8) is 0 Å². The van der Waals surface area contributed by atoms with Crippen LogP contribution in [0.5, 0.6) is 0 Å². The second-order valence-corrected chi connectivity index (χ2v) is 6.53. The van der Waals surface area contributed by atoms with Crippen molar-refractivity contribution in [3.8, 4) is 0 Å². The summed E-state index contributed by atoms with van der Waals surface area (Å²) in [6, 6.07) is 7.04. The highest BCUT2D eigenvalue weighted by Crippen LogP contribution is 2.13. The molecule has 0 aromatic heterocycles. The molecule has 2 aliphatic heterocycles. The summed E-state index contributed by atoms with van der Waals surface area (Å²) in [6.07, 6.45) is 1.42. The first kappa shape index (κ1) is 23.1. The summed E-state index contributed by atoms with van der Waals surface area (Å²) in [5.41, 5.74) is 0.723. The van der Waals surface area contributed by atoms with Gasteiger partial charge in [-0.3, -0.25) is 9.69 Å². The molecule has 0 bridgehead atoms. The zero-order chi connectivity index (χ0) is 16.8. The van der Waals surface area contributed by atoms with E-state index in [1.165, 1.54) is 6.07 Å². The molecule has 1 amide bonds. The van der Waals surface area contributed by atoms with E-state index in [-0.39, 0.29) is 42.6 Å². The van der Waals surface area contributed by atoms with Gasteiger partial charge in [-0.2, -0.15) is 0 Å². The van der Waals surface area contributed by atoms with Gasteiger partial charge < -0.3 is 15.0 Å². The van der Waals surface area contributed by atoms with E-state index >= 15 is 0 Å². The Bertz CT molecular complexity index is 559. The van der Waals surface area contributed by atoms with Gasteiger partial charge in [-0.1, -0.05) is 18.2 Å². The van der Waals surface area contributed by atoms with E-state index in [0.29, 0.717) is 26.1 Å². The number of hydrogen-bond acceptors (Lipinski definition) is 4. The fourth-order valence-electron chi connectivity index (χ4n) is 3.34. The lowest BCUT2D eigenvalue weighted by Gasteiger charge is -2.27. The topological polar surface area (TPSA) is 44.8 Å². The molecule has 1 atom stereocenters. The Hall–Kier alpha value is -0.920. The van der Waals surface area contributed by atoms with E-state index in [9.17, 15) is 9.18 Å². The quantitative estimate of drug-likeness (QED) is 0.829. The number of carbonyl (C=O) groups is 1. The number of amides is 1. The zero-order valence-electron chi connectivity index (χ0n) is 14.9. The summed E-state index contributed by atoms with van der Waals surface area (Å²) in [4.78, 5) is 16.7. The predicted octanol–water partition coefficient (Wildman–Crippen LogP) is 2.08. The highest BCUT2D eigenvalue weighted by Gasteiger charge is 2.23. The Morgan fingerprint density at radius 2 is 2.00 bits per heavy atom. The van der Waals surface area contributed by atoms with Crippen molar-refractivity contribution in [2.24, 2.45) is 0 Å². The van der Waals surface area contributed by atoms with E-state index in [4.69, 9.17) is 4.74 Å². The van der Waals surface area contributed by atoms with Crippen molar-refractivity contribution in [2.45, 2.75) is 25.4 Å². The highest BCUT2D eigenvalue weighted by atomic mass is 35.5. The third-order valence-electron chi connectivity index (χ3n) is 4.71. The number of halogens is 3. The Kier molecular flexibility index (Phi) is 10.4. The summed E-state index contributed by atoms with van der Waals surface area (Å²) < 4.78 is 19.2. The van der Waals surface area contributed by atoms with Gasteiger partial charge in [0, 0.05) is 57.3 Å². The van der Waals surface area contributed by atoms with Gasteiger partial charge in [-0.15, -0.1) is 24.8 Å². The zero-order valence-corrected chi connectivity index (χ0v) is 16.5. The number of ether oxygens (including phenoxy) is 1. The fraction of sp³-hybridized carbons (Fsp3) is 0.611. The smallest absolute Gasteiger partial charge is 0.224 e. The van der Waals surface area contributed by atoms with Crippen LogP contribution in [0.1, 0.15) is 18.4 Å². The van der Waals surface area contributed by atoms with Crippen LogP contribution in [0.15, 0.2) is 24.3 Å². The number of benzene rings is 1. The van der Waals surface area contributed by atoms with Crippen LogP contribution in [0, 0.1) is 5.82 Å². The summed E-state index contributed by atoms with van der Waals surface area (Å²) in [7, 11) is 0. The number of nitrogens with one attached hydrogen (secondary N) is 1. The average molecular weight is 408 g/mol. The van der Waals surface area contributed by atoms with Crippen molar-refractivity contribution in [3.05, 3.63) is 35.6 Å². The normalized spacial score (nSPS) is 21.3. The Labute approximate surface area is 167 Å². The molecule has 0 spiro atoms. The molecule has 1 N–H and O–H groups in total. The Morgan fingerprint density at radius 3 is 2.73 bits per heavy atom. The Morgan fingerprint density at radius 1 is 1.19 bits per heavy atom. The maximum atomic E-state index is 13.8. The van der Waals surface area contributed by atoms with Crippen LogP contribution in [0.25, 0.3) is 0 Å². The lowest BCUT2D eigenvalue weighted by atomic mass is 10.1. The molecule has 3 rings (SSSR count). The lowest BCUT2D eigenvalue weighted by molar-refractivity contribution is -0.132. The molecular weight excluding hydrogens is 380 g/mol. The van der Waals surface area contributed by atoms with Gasteiger partial charge in [0.25, 0.3) is 0 Å². The molecule has 2 saturated heterocycles. The van der Waals surface area contributed by atoms with Gasteiger partial charge in [-0.25, -0.2) is 4.39 Å². The monoisotopic (exact) mass is 407 g/mol. The molecule has 26 heavy (non-hydrogen) atoms. The third kappa shape index (κ3) is 6.67. The molecule has 5 nitrogen and oxygen atoms in total. The maximum Gasteiger partial charge on any atom is 0.224 e. The van der Waals surface area contributed by atoms with Crippen LogP contribution in [0.2, 0.25) is 0 Å². The molecule has 1 aromatic carbocycles. The summed E-state index contributed by atoms with van der Waals surface area (Å²) in [5.74, 6) is 0.0313. The lowest BCUT2D eigenvalue weighted by Crippen LogP contribution is -2.45. The molecule has 1 unspecified atom stereocenters. The molecule has 0 radical (unpaired) electrons. The second-order valence-electron chi connectivity index (χ2n) is 6.53. The van der Waals surface area contributed by atoms with Crippen LogP contribution in [0.4, 0.5) is 4.39 Å².